The summed E-state index contributed by atoms with van der Waals surface area (Å²) in [5.74, 6) is -4.57. The highest BCUT2D eigenvalue weighted by Gasteiger charge is 2.43. The maximum atomic E-state index is 13.0. The summed E-state index contributed by atoms with van der Waals surface area (Å²) in [4.78, 5) is 38.9. The van der Waals surface area contributed by atoms with Gasteiger partial charge in [-0.2, -0.15) is 5.26 Å². The Hall–Kier alpha value is -4.29. The van der Waals surface area contributed by atoms with Crippen molar-refractivity contribution in [3.63, 3.8) is 0 Å². The van der Waals surface area contributed by atoms with Crippen LogP contribution in [0.3, 0.4) is 0 Å². The van der Waals surface area contributed by atoms with Crippen molar-refractivity contribution >= 4 is 35.2 Å². The third kappa shape index (κ3) is 4.12. The zero-order chi connectivity index (χ0) is 24.3. The number of anilines is 1. The third-order valence-electron chi connectivity index (χ3n) is 5.04. The van der Waals surface area contributed by atoms with Gasteiger partial charge in [-0.05, 0) is 23.8 Å². The second-order valence-corrected chi connectivity index (χ2v) is 7.24. The van der Waals surface area contributed by atoms with E-state index in [4.69, 9.17) is 26.8 Å². The number of carboxylic acid groups (broad SMARTS) is 1. The van der Waals surface area contributed by atoms with Crippen LogP contribution in [0, 0.1) is 11.3 Å². The fourth-order valence-corrected chi connectivity index (χ4v) is 3.81. The molecule has 1 heterocycles. The number of ether oxygens (including phenoxy) is 2. The highest BCUT2D eigenvalue weighted by atomic mass is 35.5. The zero-order valence-electron chi connectivity index (χ0n) is 17.5. The number of hydrogen-bond acceptors (Lipinski definition) is 8. The van der Waals surface area contributed by atoms with Crippen molar-refractivity contribution in [2.75, 3.05) is 19.1 Å². The van der Waals surface area contributed by atoms with Crippen LogP contribution in [0.2, 0.25) is 5.02 Å². The van der Waals surface area contributed by atoms with Gasteiger partial charge in [-0.3, -0.25) is 4.90 Å². The average Bonchev–Trinajstić information content (AvgIpc) is 2.82. The molecule has 1 aliphatic rings. The average molecular weight is 468 g/mol. The minimum Gasteiger partial charge on any atom is -0.478 e. The number of halogens is 1. The molecule has 0 aromatic heterocycles. The Kier molecular flexibility index (Phi) is 6.70. The number of nitrogens with two attached hydrogens (primary N) is 1. The van der Waals surface area contributed by atoms with Crippen LogP contribution in [-0.4, -0.2) is 37.2 Å². The van der Waals surface area contributed by atoms with Crippen LogP contribution in [-0.2, 0) is 19.1 Å². The van der Waals surface area contributed by atoms with Gasteiger partial charge < -0.3 is 20.3 Å². The van der Waals surface area contributed by atoms with Gasteiger partial charge in [0, 0.05) is 5.02 Å². The zero-order valence-corrected chi connectivity index (χ0v) is 18.3. The normalized spacial score (nSPS) is 15.7. The van der Waals surface area contributed by atoms with Crippen LogP contribution in [0.15, 0.2) is 71.2 Å². The summed E-state index contributed by atoms with van der Waals surface area (Å²) < 4.78 is 9.84. The number of benzene rings is 2. The summed E-state index contributed by atoms with van der Waals surface area (Å²) in [6, 6.07) is 14.3. The van der Waals surface area contributed by atoms with Gasteiger partial charge in [-0.25, -0.2) is 14.4 Å². The number of nitrogens with zero attached hydrogens (tertiary/aromatic N) is 2. The molecule has 2 aromatic rings. The number of methoxy groups -OCH3 is 2. The van der Waals surface area contributed by atoms with Gasteiger partial charge in [0.25, 0.3) is 0 Å². The molecule has 0 aliphatic carbocycles. The number of esters is 2. The SMILES string of the molecule is COC(=O)C1=C(C(=O)OC)N(c2ccc(Cl)cc2C(=O)O)C(N)=C(C#N)C1c1ccccc1. The van der Waals surface area contributed by atoms with Crippen molar-refractivity contribution < 1.29 is 29.0 Å². The fourth-order valence-electron chi connectivity index (χ4n) is 3.64. The summed E-state index contributed by atoms with van der Waals surface area (Å²) >= 11 is 5.97. The van der Waals surface area contributed by atoms with E-state index in [0.717, 1.165) is 25.2 Å². The number of hydrogen-bond donors (Lipinski definition) is 2. The molecule has 10 heteroatoms. The minimum atomic E-state index is -1.37. The molecule has 1 atom stereocenters. The standard InChI is InChI=1S/C23H18ClN3O6/c1-32-22(30)18-17(12-6-4-3-5-7-12)15(11-25)20(26)27(19(18)23(31)33-2)16-9-8-13(24)10-14(16)21(28)29/h3-10,17H,26H2,1-2H3,(H,28,29). The highest BCUT2D eigenvalue weighted by Crippen LogP contribution is 2.44. The molecule has 1 unspecified atom stereocenters. The van der Waals surface area contributed by atoms with Crippen LogP contribution in [0.5, 0.6) is 0 Å². The van der Waals surface area contributed by atoms with Gasteiger partial charge in [-0.15, -0.1) is 0 Å². The first-order valence-corrected chi connectivity index (χ1v) is 9.83. The molecule has 1 aliphatic heterocycles. The molecular weight excluding hydrogens is 450 g/mol. The molecule has 3 rings (SSSR count). The molecule has 9 nitrogen and oxygen atoms in total. The minimum absolute atomic E-state index is 0.0828. The quantitative estimate of drug-likeness (QED) is 0.634. The van der Waals surface area contributed by atoms with Crippen molar-refractivity contribution in [2.24, 2.45) is 5.73 Å². The molecule has 0 bridgehead atoms. The lowest BCUT2D eigenvalue weighted by atomic mass is 9.80. The summed E-state index contributed by atoms with van der Waals surface area (Å²) in [7, 11) is 2.22. The predicted molar refractivity (Wildman–Crippen MR) is 118 cm³/mol. The van der Waals surface area contributed by atoms with Crippen molar-refractivity contribution in [2.45, 2.75) is 5.92 Å². The second-order valence-electron chi connectivity index (χ2n) is 6.80. The molecule has 168 valence electrons. The number of carbonyl (C=O) groups is 3. The first kappa shape index (κ1) is 23.4. The van der Waals surface area contributed by atoms with Crippen LogP contribution >= 0.6 is 11.6 Å². The van der Waals surface area contributed by atoms with Crippen molar-refractivity contribution in [1.29, 1.82) is 5.26 Å². The number of aromatic carboxylic acids is 1. The van der Waals surface area contributed by atoms with Crippen LogP contribution in [0.25, 0.3) is 0 Å². The lowest BCUT2D eigenvalue weighted by Crippen LogP contribution is -2.41. The molecule has 3 N–H and O–H groups in total. The Morgan fingerprint density at radius 1 is 1.09 bits per heavy atom. The number of carboxylic acids is 1. The van der Waals surface area contributed by atoms with Crippen molar-refractivity contribution in [1.82, 2.24) is 0 Å². The molecule has 0 fully saturated rings. The van der Waals surface area contributed by atoms with E-state index in [0.29, 0.717) is 5.56 Å². The van der Waals surface area contributed by atoms with E-state index in [1.165, 1.54) is 12.1 Å². The predicted octanol–water partition coefficient (Wildman–Crippen LogP) is 2.94. The van der Waals surface area contributed by atoms with Crippen LogP contribution < -0.4 is 10.6 Å². The number of rotatable bonds is 5. The number of carbonyl (C=O) groups excluding carboxylic acids is 2. The van der Waals surface area contributed by atoms with Gasteiger partial charge in [-0.1, -0.05) is 41.9 Å². The monoisotopic (exact) mass is 467 g/mol. The summed E-state index contributed by atoms with van der Waals surface area (Å²) in [6.45, 7) is 0. The highest BCUT2D eigenvalue weighted by molar-refractivity contribution is 6.31. The van der Waals surface area contributed by atoms with Gasteiger partial charge in [0.2, 0.25) is 0 Å². The van der Waals surface area contributed by atoms with Gasteiger partial charge in [0.1, 0.15) is 11.5 Å². The summed E-state index contributed by atoms with van der Waals surface area (Å²) in [6.07, 6.45) is 0. The Bertz CT molecular complexity index is 1250. The maximum absolute atomic E-state index is 13.0. The Morgan fingerprint density at radius 3 is 2.27 bits per heavy atom. The van der Waals surface area contributed by atoms with Crippen LogP contribution in [0.4, 0.5) is 5.69 Å². The van der Waals surface area contributed by atoms with E-state index in [-0.39, 0.29) is 38.9 Å². The van der Waals surface area contributed by atoms with E-state index in [1.807, 2.05) is 6.07 Å². The second kappa shape index (κ2) is 9.46. The Morgan fingerprint density at radius 2 is 1.73 bits per heavy atom. The fraction of sp³-hybridized carbons (Fsp3) is 0.130. The molecule has 0 amide bonds. The summed E-state index contributed by atoms with van der Waals surface area (Å²) in [5.41, 5.74) is 5.75. The van der Waals surface area contributed by atoms with E-state index < -0.39 is 23.8 Å². The summed E-state index contributed by atoms with van der Waals surface area (Å²) in [5, 5.41) is 19.8. The molecule has 0 radical (unpaired) electrons. The third-order valence-corrected chi connectivity index (χ3v) is 5.28. The molecule has 2 aromatic carbocycles. The van der Waals surface area contributed by atoms with Crippen molar-refractivity contribution in [3.05, 3.63) is 87.3 Å². The first-order valence-electron chi connectivity index (χ1n) is 9.45. The number of allylic oxidation sites excluding steroid dienone is 1. The number of nitriles is 1. The van der Waals surface area contributed by atoms with E-state index in [1.54, 1.807) is 30.3 Å². The maximum Gasteiger partial charge on any atom is 0.355 e. The van der Waals surface area contributed by atoms with Gasteiger partial charge in [0.05, 0.1) is 48.6 Å². The first-order chi connectivity index (χ1) is 15.8. The van der Waals surface area contributed by atoms with Gasteiger partial charge in [0.15, 0.2) is 0 Å². The molecule has 0 saturated carbocycles. The Balaban J connectivity index is 2.48. The van der Waals surface area contributed by atoms with Gasteiger partial charge >= 0.3 is 17.9 Å². The molecule has 33 heavy (non-hydrogen) atoms. The van der Waals surface area contributed by atoms with E-state index in [9.17, 15) is 24.8 Å². The topological polar surface area (TPSA) is 143 Å². The van der Waals surface area contributed by atoms with Crippen molar-refractivity contribution in [3.8, 4) is 6.07 Å². The Labute approximate surface area is 193 Å². The lowest BCUT2D eigenvalue weighted by Gasteiger charge is -2.36. The van der Waals surface area contributed by atoms with E-state index in [2.05, 4.69) is 0 Å². The molecule has 0 saturated heterocycles. The van der Waals surface area contributed by atoms with E-state index >= 15 is 0 Å². The molecule has 0 spiro atoms. The van der Waals surface area contributed by atoms with Crippen LogP contribution in [0.1, 0.15) is 21.8 Å². The largest absolute Gasteiger partial charge is 0.478 e. The smallest absolute Gasteiger partial charge is 0.355 e. The molecular formula is C23H18ClN3O6. The lowest BCUT2D eigenvalue weighted by molar-refractivity contribution is -0.139.